The topological polar surface area (TPSA) is 45.2 Å². The van der Waals surface area contributed by atoms with Crippen LogP contribution in [0.2, 0.25) is 0 Å². The number of hydrogen-bond donors (Lipinski definition) is 2. The van der Waals surface area contributed by atoms with Gasteiger partial charge in [0.05, 0.1) is 5.69 Å². The van der Waals surface area contributed by atoms with E-state index in [1.54, 1.807) is 6.07 Å². The van der Waals surface area contributed by atoms with Gasteiger partial charge in [0, 0.05) is 18.3 Å². The number of nitrogens with one attached hydrogen (secondary N) is 1. The van der Waals surface area contributed by atoms with Gasteiger partial charge >= 0.3 is 0 Å². The van der Waals surface area contributed by atoms with Crippen molar-refractivity contribution in [2.75, 3.05) is 0 Å². The van der Waals surface area contributed by atoms with E-state index in [-0.39, 0.29) is 0 Å². The second-order valence-electron chi connectivity index (χ2n) is 5.44. The molecule has 2 rings (SSSR count). The van der Waals surface area contributed by atoms with Crippen molar-refractivity contribution in [1.82, 2.24) is 10.3 Å². The lowest BCUT2D eigenvalue weighted by atomic mass is 9.84. The summed E-state index contributed by atoms with van der Waals surface area (Å²) in [6.45, 7) is 4.91. The molecule has 0 bridgehead atoms. The van der Waals surface area contributed by atoms with E-state index >= 15 is 0 Å². The van der Waals surface area contributed by atoms with E-state index in [9.17, 15) is 5.11 Å². The Morgan fingerprint density at radius 2 is 2.22 bits per heavy atom. The lowest BCUT2D eigenvalue weighted by Crippen LogP contribution is -2.33. The van der Waals surface area contributed by atoms with E-state index < -0.39 is 0 Å². The SMILES string of the molecule is CCC1CCCC(NCc2nc(C)ccc2O)C1. The maximum atomic E-state index is 9.76. The third kappa shape index (κ3) is 3.45. The lowest BCUT2D eigenvalue weighted by molar-refractivity contribution is 0.277. The molecular formula is C15H24N2O. The van der Waals surface area contributed by atoms with Gasteiger partial charge in [-0.3, -0.25) is 4.98 Å². The summed E-state index contributed by atoms with van der Waals surface area (Å²) in [5.74, 6) is 1.17. The van der Waals surface area contributed by atoms with Crippen LogP contribution in [0.5, 0.6) is 5.75 Å². The zero-order valence-corrected chi connectivity index (χ0v) is 11.4. The van der Waals surface area contributed by atoms with Gasteiger partial charge in [-0.25, -0.2) is 0 Å². The molecule has 18 heavy (non-hydrogen) atoms. The Hall–Kier alpha value is -1.09. The van der Waals surface area contributed by atoms with Crippen molar-refractivity contribution in [1.29, 1.82) is 0 Å². The normalized spacial score (nSPS) is 24.1. The summed E-state index contributed by atoms with van der Waals surface area (Å²) in [6.07, 6.45) is 6.50. The average molecular weight is 248 g/mol. The van der Waals surface area contributed by atoms with Crippen LogP contribution in [0.25, 0.3) is 0 Å². The Labute approximate surface area is 110 Å². The largest absolute Gasteiger partial charge is 0.506 e. The summed E-state index contributed by atoms with van der Waals surface area (Å²) >= 11 is 0. The summed E-state index contributed by atoms with van der Waals surface area (Å²) in [5.41, 5.74) is 1.73. The minimum atomic E-state index is 0.302. The Morgan fingerprint density at radius 3 is 3.00 bits per heavy atom. The summed E-state index contributed by atoms with van der Waals surface area (Å²) in [6, 6.07) is 4.16. The molecule has 0 amide bonds. The molecule has 1 aromatic heterocycles. The van der Waals surface area contributed by atoms with Crippen LogP contribution in [0, 0.1) is 12.8 Å². The summed E-state index contributed by atoms with van der Waals surface area (Å²) in [4.78, 5) is 4.38. The van der Waals surface area contributed by atoms with Gasteiger partial charge in [-0.15, -0.1) is 0 Å². The standard InChI is InChI=1S/C15H24N2O/c1-3-12-5-4-6-13(9-12)16-10-14-15(18)8-7-11(2)17-14/h7-8,12-13,16,18H,3-6,9-10H2,1-2H3. The molecular weight excluding hydrogens is 224 g/mol. The van der Waals surface area contributed by atoms with Crippen LogP contribution in [0.1, 0.15) is 50.4 Å². The molecule has 1 aromatic rings. The Bertz CT molecular complexity index is 392. The maximum Gasteiger partial charge on any atom is 0.138 e. The smallest absolute Gasteiger partial charge is 0.138 e. The average Bonchev–Trinajstić information content (AvgIpc) is 2.40. The van der Waals surface area contributed by atoms with Crippen LogP contribution in [-0.4, -0.2) is 16.1 Å². The molecule has 0 saturated heterocycles. The highest BCUT2D eigenvalue weighted by Gasteiger charge is 2.20. The van der Waals surface area contributed by atoms with Gasteiger partial charge in [-0.1, -0.05) is 26.2 Å². The molecule has 3 nitrogen and oxygen atoms in total. The van der Waals surface area contributed by atoms with Crippen LogP contribution < -0.4 is 5.32 Å². The zero-order valence-electron chi connectivity index (χ0n) is 11.4. The molecule has 2 unspecified atom stereocenters. The third-order valence-electron chi connectivity index (χ3n) is 4.01. The fourth-order valence-electron chi connectivity index (χ4n) is 2.82. The molecule has 2 N–H and O–H groups in total. The predicted octanol–water partition coefficient (Wildman–Crippen LogP) is 3.15. The van der Waals surface area contributed by atoms with Gasteiger partial charge in [0.2, 0.25) is 0 Å². The van der Waals surface area contributed by atoms with Gasteiger partial charge in [-0.2, -0.15) is 0 Å². The van der Waals surface area contributed by atoms with Crippen molar-refractivity contribution in [2.45, 2.75) is 58.5 Å². The van der Waals surface area contributed by atoms with Gasteiger partial charge in [0.25, 0.3) is 0 Å². The number of aromatic nitrogens is 1. The fraction of sp³-hybridized carbons (Fsp3) is 0.667. The molecule has 0 aliphatic heterocycles. The quantitative estimate of drug-likeness (QED) is 0.860. The van der Waals surface area contributed by atoms with E-state index in [0.29, 0.717) is 18.3 Å². The second-order valence-corrected chi connectivity index (χ2v) is 5.44. The molecule has 0 spiro atoms. The van der Waals surface area contributed by atoms with Gasteiger partial charge in [0.15, 0.2) is 0 Å². The van der Waals surface area contributed by atoms with Crippen LogP contribution in [0.4, 0.5) is 0 Å². The highest BCUT2D eigenvalue weighted by atomic mass is 16.3. The number of pyridine rings is 1. The number of aryl methyl sites for hydroxylation is 1. The summed E-state index contributed by atoms with van der Waals surface area (Å²) in [5, 5.41) is 13.3. The van der Waals surface area contributed by atoms with E-state index in [0.717, 1.165) is 17.3 Å². The first-order valence-electron chi connectivity index (χ1n) is 7.08. The minimum Gasteiger partial charge on any atom is -0.506 e. The monoisotopic (exact) mass is 248 g/mol. The Kier molecular flexibility index (Phi) is 4.59. The van der Waals surface area contributed by atoms with E-state index in [2.05, 4.69) is 17.2 Å². The van der Waals surface area contributed by atoms with Crippen LogP contribution in [0.15, 0.2) is 12.1 Å². The highest BCUT2D eigenvalue weighted by Crippen LogP contribution is 2.27. The molecule has 1 saturated carbocycles. The molecule has 2 atom stereocenters. The summed E-state index contributed by atoms with van der Waals surface area (Å²) < 4.78 is 0. The van der Waals surface area contributed by atoms with Crippen molar-refractivity contribution in [2.24, 2.45) is 5.92 Å². The zero-order chi connectivity index (χ0) is 13.0. The van der Waals surface area contributed by atoms with Crippen molar-refractivity contribution >= 4 is 0 Å². The minimum absolute atomic E-state index is 0.302. The molecule has 1 heterocycles. The molecule has 3 heteroatoms. The summed E-state index contributed by atoms with van der Waals surface area (Å²) in [7, 11) is 0. The molecule has 1 aliphatic carbocycles. The van der Waals surface area contributed by atoms with Gasteiger partial charge in [-0.05, 0) is 37.8 Å². The van der Waals surface area contributed by atoms with Crippen molar-refractivity contribution in [3.63, 3.8) is 0 Å². The molecule has 1 fully saturated rings. The fourth-order valence-corrected chi connectivity index (χ4v) is 2.82. The number of aromatic hydroxyl groups is 1. The van der Waals surface area contributed by atoms with Crippen LogP contribution >= 0.6 is 0 Å². The molecule has 0 radical (unpaired) electrons. The number of nitrogens with zero attached hydrogens (tertiary/aromatic N) is 1. The number of rotatable bonds is 4. The van der Waals surface area contributed by atoms with Crippen molar-refractivity contribution < 1.29 is 5.11 Å². The lowest BCUT2D eigenvalue weighted by Gasteiger charge is -2.29. The second kappa shape index (κ2) is 6.19. The molecule has 1 aliphatic rings. The van der Waals surface area contributed by atoms with E-state index in [4.69, 9.17) is 0 Å². The first-order chi connectivity index (χ1) is 8.69. The predicted molar refractivity (Wildman–Crippen MR) is 73.5 cm³/mol. The Balaban J connectivity index is 1.89. The first-order valence-corrected chi connectivity index (χ1v) is 7.08. The van der Waals surface area contributed by atoms with Crippen LogP contribution in [0.3, 0.4) is 0 Å². The van der Waals surface area contributed by atoms with Crippen LogP contribution in [-0.2, 0) is 6.54 Å². The third-order valence-corrected chi connectivity index (χ3v) is 4.01. The van der Waals surface area contributed by atoms with E-state index in [1.807, 2.05) is 13.0 Å². The Morgan fingerprint density at radius 1 is 1.39 bits per heavy atom. The number of hydrogen-bond acceptors (Lipinski definition) is 3. The highest BCUT2D eigenvalue weighted by molar-refractivity contribution is 5.27. The van der Waals surface area contributed by atoms with Crippen molar-refractivity contribution in [3.8, 4) is 5.75 Å². The maximum absolute atomic E-state index is 9.76. The van der Waals surface area contributed by atoms with Crippen molar-refractivity contribution in [3.05, 3.63) is 23.5 Å². The molecule has 100 valence electrons. The first kappa shape index (κ1) is 13.3. The van der Waals surface area contributed by atoms with E-state index in [1.165, 1.54) is 32.1 Å². The van der Waals surface area contributed by atoms with Gasteiger partial charge in [0.1, 0.15) is 5.75 Å². The molecule has 0 aromatic carbocycles. The van der Waals surface area contributed by atoms with Gasteiger partial charge < -0.3 is 10.4 Å².